The topological polar surface area (TPSA) is 78.9 Å². The number of amides is 2. The zero-order chi connectivity index (χ0) is 16.0. The van der Waals surface area contributed by atoms with Gasteiger partial charge in [-0.2, -0.15) is 0 Å². The Hall–Kier alpha value is -1.30. The van der Waals surface area contributed by atoms with E-state index >= 15 is 0 Å². The molecule has 0 aliphatic carbocycles. The first kappa shape index (κ1) is 17.8. The van der Waals surface area contributed by atoms with Crippen LogP contribution >= 0.6 is 0 Å². The van der Waals surface area contributed by atoms with E-state index in [2.05, 4.69) is 5.32 Å². The number of carboxylic acids is 1. The number of rotatable bonds is 6. The number of likely N-dealkylation sites (tertiary alicyclic amines) is 1. The lowest BCUT2D eigenvalue weighted by molar-refractivity contribution is -0.151. The number of hydrogen-bond acceptors (Lipinski definition) is 3. The maximum absolute atomic E-state index is 12.3. The molecule has 1 aliphatic heterocycles. The number of aliphatic carboxylic acids is 1. The van der Waals surface area contributed by atoms with E-state index in [1.165, 1.54) is 0 Å². The summed E-state index contributed by atoms with van der Waals surface area (Å²) >= 11 is 0. The third-order valence-electron chi connectivity index (χ3n) is 4.47. The van der Waals surface area contributed by atoms with Crippen LogP contribution in [0.2, 0.25) is 0 Å². The Kier molecular flexibility index (Phi) is 6.45. The molecule has 0 aromatic heterocycles. The third-order valence-corrected chi connectivity index (χ3v) is 4.47. The van der Waals surface area contributed by atoms with Crippen molar-refractivity contribution in [2.75, 3.05) is 26.8 Å². The standard InChI is InChI=1S/C15H28N2O4/c1-5-12(10-21-4)16-14(20)17-8-6-7-11(9-17)15(2,3)13(18)19/h11-12H,5-10H2,1-4H3,(H,16,20)(H,18,19). The van der Waals surface area contributed by atoms with Gasteiger partial charge in [0.1, 0.15) is 0 Å². The van der Waals surface area contributed by atoms with Gasteiger partial charge in [-0.15, -0.1) is 0 Å². The van der Waals surface area contributed by atoms with Gasteiger partial charge in [0.05, 0.1) is 18.1 Å². The van der Waals surface area contributed by atoms with E-state index in [0.29, 0.717) is 19.7 Å². The first-order valence-corrected chi connectivity index (χ1v) is 7.60. The van der Waals surface area contributed by atoms with Gasteiger partial charge in [-0.3, -0.25) is 4.79 Å². The molecular weight excluding hydrogens is 272 g/mol. The summed E-state index contributed by atoms with van der Waals surface area (Å²) in [6.07, 6.45) is 2.49. The first-order chi connectivity index (χ1) is 9.82. The summed E-state index contributed by atoms with van der Waals surface area (Å²) in [5, 5.41) is 12.3. The van der Waals surface area contributed by atoms with E-state index in [9.17, 15) is 14.7 Å². The molecule has 2 amide bonds. The van der Waals surface area contributed by atoms with Gasteiger partial charge in [0.25, 0.3) is 0 Å². The van der Waals surface area contributed by atoms with Crippen molar-refractivity contribution in [2.45, 2.75) is 46.1 Å². The van der Waals surface area contributed by atoms with Crippen LogP contribution in [0.1, 0.15) is 40.0 Å². The summed E-state index contributed by atoms with van der Waals surface area (Å²) < 4.78 is 5.08. The molecule has 2 N–H and O–H groups in total. The monoisotopic (exact) mass is 300 g/mol. The summed E-state index contributed by atoms with van der Waals surface area (Å²) in [4.78, 5) is 25.4. The van der Waals surface area contributed by atoms with Gasteiger partial charge < -0.3 is 20.1 Å². The van der Waals surface area contributed by atoms with Crippen molar-refractivity contribution in [3.63, 3.8) is 0 Å². The molecular formula is C15H28N2O4. The summed E-state index contributed by atoms with van der Waals surface area (Å²) in [5.74, 6) is -0.822. The normalized spacial score (nSPS) is 21.0. The van der Waals surface area contributed by atoms with Crippen molar-refractivity contribution in [3.05, 3.63) is 0 Å². The Bertz CT molecular complexity index is 371. The Balaban J connectivity index is 2.63. The molecule has 21 heavy (non-hydrogen) atoms. The average Bonchev–Trinajstić information content (AvgIpc) is 2.46. The van der Waals surface area contributed by atoms with Crippen molar-refractivity contribution >= 4 is 12.0 Å². The molecule has 6 heteroatoms. The van der Waals surface area contributed by atoms with Crippen molar-refractivity contribution in [1.82, 2.24) is 10.2 Å². The molecule has 0 spiro atoms. The largest absolute Gasteiger partial charge is 0.481 e. The van der Waals surface area contributed by atoms with E-state index in [-0.39, 0.29) is 18.0 Å². The van der Waals surface area contributed by atoms with Crippen LogP contribution in [0.15, 0.2) is 0 Å². The average molecular weight is 300 g/mol. The molecule has 6 nitrogen and oxygen atoms in total. The molecule has 1 heterocycles. The number of ether oxygens (including phenoxy) is 1. The lowest BCUT2D eigenvalue weighted by atomic mass is 9.74. The van der Waals surface area contributed by atoms with E-state index in [1.807, 2.05) is 6.92 Å². The second-order valence-corrected chi connectivity index (χ2v) is 6.32. The smallest absolute Gasteiger partial charge is 0.317 e. The summed E-state index contributed by atoms with van der Waals surface area (Å²) in [6, 6.07) is -0.125. The Labute approximate surface area is 126 Å². The van der Waals surface area contributed by atoms with E-state index in [0.717, 1.165) is 19.3 Å². The van der Waals surface area contributed by atoms with Crippen LogP contribution in [0.3, 0.4) is 0 Å². The summed E-state index contributed by atoms with van der Waals surface area (Å²) in [6.45, 7) is 7.13. The molecule has 0 aromatic carbocycles. The number of nitrogens with one attached hydrogen (secondary N) is 1. The maximum Gasteiger partial charge on any atom is 0.317 e. The first-order valence-electron chi connectivity index (χ1n) is 7.60. The number of carbonyl (C=O) groups excluding carboxylic acids is 1. The van der Waals surface area contributed by atoms with Crippen LogP contribution in [0.4, 0.5) is 4.79 Å². The van der Waals surface area contributed by atoms with Gasteiger partial charge >= 0.3 is 12.0 Å². The van der Waals surface area contributed by atoms with Gasteiger partial charge in [0, 0.05) is 20.2 Å². The maximum atomic E-state index is 12.3. The Morgan fingerprint density at radius 3 is 2.67 bits per heavy atom. The zero-order valence-corrected chi connectivity index (χ0v) is 13.5. The number of piperidine rings is 1. The predicted molar refractivity (Wildman–Crippen MR) is 80.2 cm³/mol. The summed E-state index contributed by atoms with van der Waals surface area (Å²) in [7, 11) is 1.61. The fourth-order valence-corrected chi connectivity index (χ4v) is 2.65. The Morgan fingerprint density at radius 1 is 1.48 bits per heavy atom. The second kappa shape index (κ2) is 7.64. The fourth-order valence-electron chi connectivity index (χ4n) is 2.65. The molecule has 2 atom stereocenters. The highest BCUT2D eigenvalue weighted by Gasteiger charge is 2.40. The molecule has 1 fully saturated rings. The van der Waals surface area contributed by atoms with Gasteiger partial charge in [0.2, 0.25) is 0 Å². The van der Waals surface area contributed by atoms with E-state index in [1.54, 1.807) is 25.9 Å². The van der Waals surface area contributed by atoms with Crippen LogP contribution < -0.4 is 5.32 Å². The lowest BCUT2D eigenvalue weighted by Gasteiger charge is -2.39. The number of carboxylic acid groups (broad SMARTS) is 1. The minimum atomic E-state index is -0.810. The van der Waals surface area contributed by atoms with Crippen LogP contribution in [-0.2, 0) is 9.53 Å². The quantitative estimate of drug-likeness (QED) is 0.786. The van der Waals surface area contributed by atoms with Gasteiger partial charge in [-0.25, -0.2) is 4.79 Å². The number of nitrogens with zero attached hydrogens (tertiary/aromatic N) is 1. The number of hydrogen-bond donors (Lipinski definition) is 2. The number of urea groups is 1. The minimum Gasteiger partial charge on any atom is -0.481 e. The van der Waals surface area contributed by atoms with Gasteiger partial charge in [-0.1, -0.05) is 6.92 Å². The SMILES string of the molecule is CCC(COC)NC(=O)N1CCCC(C(C)(C)C(=O)O)C1. The zero-order valence-electron chi connectivity index (χ0n) is 13.5. The lowest BCUT2D eigenvalue weighted by Crippen LogP contribution is -2.52. The molecule has 0 radical (unpaired) electrons. The molecule has 122 valence electrons. The molecule has 2 unspecified atom stereocenters. The van der Waals surface area contributed by atoms with Crippen molar-refractivity contribution in [1.29, 1.82) is 0 Å². The second-order valence-electron chi connectivity index (χ2n) is 6.32. The third kappa shape index (κ3) is 4.59. The molecule has 0 saturated carbocycles. The number of carbonyl (C=O) groups is 2. The fraction of sp³-hybridized carbons (Fsp3) is 0.867. The molecule has 0 bridgehead atoms. The Morgan fingerprint density at radius 2 is 2.14 bits per heavy atom. The molecule has 1 aliphatic rings. The van der Waals surface area contributed by atoms with Crippen molar-refractivity contribution < 1.29 is 19.4 Å². The van der Waals surface area contributed by atoms with E-state index in [4.69, 9.17) is 4.74 Å². The van der Waals surface area contributed by atoms with Gasteiger partial charge in [-0.05, 0) is 39.0 Å². The van der Waals surface area contributed by atoms with Gasteiger partial charge in [0.15, 0.2) is 0 Å². The van der Waals surface area contributed by atoms with Crippen LogP contribution in [0, 0.1) is 11.3 Å². The highest BCUT2D eigenvalue weighted by Crippen LogP contribution is 2.34. The highest BCUT2D eigenvalue weighted by molar-refractivity contribution is 5.76. The molecule has 1 rings (SSSR count). The minimum absolute atomic E-state index is 0.00430. The molecule has 0 aromatic rings. The van der Waals surface area contributed by atoms with Crippen LogP contribution in [0.25, 0.3) is 0 Å². The summed E-state index contributed by atoms with van der Waals surface area (Å²) in [5.41, 5.74) is -0.810. The van der Waals surface area contributed by atoms with Crippen LogP contribution in [0.5, 0.6) is 0 Å². The van der Waals surface area contributed by atoms with E-state index < -0.39 is 11.4 Å². The predicted octanol–water partition coefficient (Wildman–Crippen LogP) is 1.94. The van der Waals surface area contributed by atoms with Crippen LogP contribution in [-0.4, -0.2) is 54.9 Å². The number of methoxy groups -OCH3 is 1. The van der Waals surface area contributed by atoms with Crippen molar-refractivity contribution in [3.8, 4) is 0 Å². The molecule has 1 saturated heterocycles. The van der Waals surface area contributed by atoms with Crippen molar-refractivity contribution in [2.24, 2.45) is 11.3 Å². The highest BCUT2D eigenvalue weighted by atomic mass is 16.5.